The van der Waals surface area contributed by atoms with Crippen LogP contribution in [-0.4, -0.2) is 5.91 Å². The van der Waals surface area contributed by atoms with Gasteiger partial charge in [0.05, 0.1) is 11.3 Å². The van der Waals surface area contributed by atoms with E-state index in [1.165, 1.54) is 24.3 Å². The van der Waals surface area contributed by atoms with Crippen molar-refractivity contribution in [3.63, 3.8) is 0 Å². The smallest absolute Gasteiger partial charge is 0.321 e. The van der Waals surface area contributed by atoms with Crippen LogP contribution in [0.1, 0.15) is 15.9 Å². The Bertz CT molecular complexity index is 685. The fourth-order valence-electron chi connectivity index (χ4n) is 1.69. The van der Waals surface area contributed by atoms with E-state index in [4.69, 9.17) is 0 Å². The number of rotatable bonds is 2. The molecule has 2 nitrogen and oxygen atoms in total. The van der Waals surface area contributed by atoms with Crippen molar-refractivity contribution in [2.45, 2.75) is 6.18 Å². The van der Waals surface area contributed by atoms with Crippen molar-refractivity contribution in [1.82, 2.24) is 0 Å². The van der Waals surface area contributed by atoms with Crippen LogP contribution in [0.5, 0.6) is 0 Å². The van der Waals surface area contributed by atoms with Gasteiger partial charge in [-0.05, 0) is 59.0 Å². The standard InChI is InChI=1S/C14H8F4INO/c15-9-3-1-2-8(6-9)13(21)20-12-7-10(19)4-5-11(12)14(16,17)18/h1-7H,(H,20,21). The number of carbonyl (C=O) groups excluding carboxylic acids is 1. The molecule has 1 amide bonds. The number of amides is 1. The predicted octanol–water partition coefficient (Wildman–Crippen LogP) is 4.70. The highest BCUT2D eigenvalue weighted by molar-refractivity contribution is 14.1. The molecule has 2 aromatic carbocycles. The van der Waals surface area contributed by atoms with Gasteiger partial charge < -0.3 is 5.32 Å². The molecule has 0 aliphatic heterocycles. The molecule has 0 unspecified atom stereocenters. The van der Waals surface area contributed by atoms with E-state index in [1.807, 2.05) is 22.6 Å². The zero-order valence-corrected chi connectivity index (χ0v) is 12.5. The van der Waals surface area contributed by atoms with Crippen LogP contribution in [0.4, 0.5) is 23.2 Å². The molecule has 2 aromatic rings. The Morgan fingerprint density at radius 3 is 2.43 bits per heavy atom. The number of carbonyl (C=O) groups is 1. The molecular weight excluding hydrogens is 401 g/mol. The first-order valence-corrected chi connectivity index (χ1v) is 6.79. The lowest BCUT2D eigenvalue weighted by Crippen LogP contribution is -2.17. The molecule has 0 bridgehead atoms. The molecular formula is C14H8F4INO. The molecule has 21 heavy (non-hydrogen) atoms. The van der Waals surface area contributed by atoms with Crippen molar-refractivity contribution >= 4 is 34.2 Å². The van der Waals surface area contributed by atoms with Gasteiger partial charge in [-0.25, -0.2) is 4.39 Å². The Hall–Kier alpha value is -1.64. The van der Waals surface area contributed by atoms with Crippen molar-refractivity contribution in [1.29, 1.82) is 0 Å². The molecule has 0 saturated carbocycles. The normalized spacial score (nSPS) is 11.3. The molecule has 1 N–H and O–H groups in total. The van der Waals surface area contributed by atoms with Gasteiger partial charge in [-0.1, -0.05) is 6.07 Å². The number of benzene rings is 2. The Kier molecular flexibility index (Phi) is 4.50. The van der Waals surface area contributed by atoms with Crippen molar-refractivity contribution in [3.8, 4) is 0 Å². The van der Waals surface area contributed by atoms with Crippen molar-refractivity contribution < 1.29 is 22.4 Å². The van der Waals surface area contributed by atoms with Gasteiger partial charge in [-0.15, -0.1) is 0 Å². The van der Waals surface area contributed by atoms with Crippen LogP contribution >= 0.6 is 22.6 Å². The molecule has 0 spiro atoms. The van der Waals surface area contributed by atoms with Crippen molar-refractivity contribution in [2.24, 2.45) is 0 Å². The highest BCUT2D eigenvalue weighted by Gasteiger charge is 2.34. The quantitative estimate of drug-likeness (QED) is 0.566. The van der Waals surface area contributed by atoms with E-state index in [0.717, 1.165) is 18.2 Å². The van der Waals surface area contributed by atoms with Gasteiger partial charge in [0.15, 0.2) is 0 Å². The van der Waals surface area contributed by atoms with E-state index < -0.39 is 23.5 Å². The Morgan fingerprint density at radius 1 is 1.10 bits per heavy atom. The van der Waals surface area contributed by atoms with Gasteiger partial charge in [-0.3, -0.25) is 4.79 Å². The monoisotopic (exact) mass is 409 g/mol. The average Bonchev–Trinajstić information content (AvgIpc) is 2.37. The van der Waals surface area contributed by atoms with Crippen LogP contribution in [0.25, 0.3) is 0 Å². The zero-order chi connectivity index (χ0) is 15.6. The average molecular weight is 409 g/mol. The summed E-state index contributed by atoms with van der Waals surface area (Å²) in [5, 5.41) is 2.17. The predicted molar refractivity (Wildman–Crippen MR) is 78.5 cm³/mol. The van der Waals surface area contributed by atoms with Gasteiger partial charge in [0.2, 0.25) is 0 Å². The molecule has 0 radical (unpaired) electrons. The molecule has 110 valence electrons. The van der Waals surface area contributed by atoms with E-state index >= 15 is 0 Å². The summed E-state index contributed by atoms with van der Waals surface area (Å²) in [5.41, 5.74) is -1.36. The van der Waals surface area contributed by atoms with Crippen molar-refractivity contribution in [2.75, 3.05) is 5.32 Å². The first kappa shape index (κ1) is 15.7. The topological polar surface area (TPSA) is 29.1 Å². The SMILES string of the molecule is O=C(Nc1cc(I)ccc1C(F)(F)F)c1cccc(F)c1. The number of halogens is 5. The maximum Gasteiger partial charge on any atom is 0.418 e. The molecule has 0 saturated heterocycles. The minimum absolute atomic E-state index is 0.0537. The van der Waals surface area contributed by atoms with Crippen LogP contribution in [0.15, 0.2) is 42.5 Å². The summed E-state index contributed by atoms with van der Waals surface area (Å²) in [6, 6.07) is 8.12. The third kappa shape index (κ3) is 3.93. The maximum absolute atomic E-state index is 13.0. The van der Waals surface area contributed by atoms with Crippen LogP contribution in [0.2, 0.25) is 0 Å². The minimum Gasteiger partial charge on any atom is -0.321 e. The lowest BCUT2D eigenvalue weighted by atomic mass is 10.1. The second-order valence-electron chi connectivity index (χ2n) is 4.15. The Morgan fingerprint density at radius 2 is 1.81 bits per heavy atom. The van der Waals surface area contributed by atoms with Gasteiger partial charge in [-0.2, -0.15) is 13.2 Å². The highest BCUT2D eigenvalue weighted by atomic mass is 127. The fraction of sp³-hybridized carbons (Fsp3) is 0.0714. The summed E-state index contributed by atoms with van der Waals surface area (Å²) in [5.74, 6) is -1.44. The largest absolute Gasteiger partial charge is 0.418 e. The summed E-state index contributed by atoms with van der Waals surface area (Å²) in [7, 11) is 0. The number of hydrogen-bond acceptors (Lipinski definition) is 1. The summed E-state index contributed by atoms with van der Waals surface area (Å²) in [6.07, 6.45) is -4.59. The van der Waals surface area contributed by atoms with Crippen LogP contribution in [-0.2, 0) is 6.18 Å². The van der Waals surface area contributed by atoms with Crippen molar-refractivity contribution in [3.05, 3.63) is 63.0 Å². The third-order valence-electron chi connectivity index (χ3n) is 2.62. The first-order valence-electron chi connectivity index (χ1n) is 5.71. The molecule has 0 aliphatic rings. The molecule has 0 aliphatic carbocycles. The molecule has 2 rings (SSSR count). The second-order valence-corrected chi connectivity index (χ2v) is 5.40. The molecule has 0 atom stereocenters. The third-order valence-corrected chi connectivity index (χ3v) is 3.29. The van der Waals surface area contributed by atoms with E-state index in [9.17, 15) is 22.4 Å². The maximum atomic E-state index is 13.0. The molecule has 7 heteroatoms. The van der Waals surface area contributed by atoms with Gasteiger partial charge in [0.25, 0.3) is 5.91 Å². The summed E-state index contributed by atoms with van der Waals surface area (Å²) < 4.78 is 52.2. The molecule has 0 heterocycles. The zero-order valence-electron chi connectivity index (χ0n) is 10.3. The molecule has 0 aromatic heterocycles. The summed E-state index contributed by atoms with van der Waals surface area (Å²) >= 11 is 1.84. The van der Waals surface area contributed by atoms with Gasteiger partial charge >= 0.3 is 6.18 Å². The Balaban J connectivity index is 2.35. The summed E-state index contributed by atoms with van der Waals surface area (Å²) in [4.78, 5) is 11.9. The van der Waals surface area contributed by atoms with E-state index in [0.29, 0.717) is 3.57 Å². The second kappa shape index (κ2) is 6.00. The highest BCUT2D eigenvalue weighted by Crippen LogP contribution is 2.35. The van der Waals surface area contributed by atoms with Crippen LogP contribution in [0, 0.1) is 9.39 Å². The Labute approximate surface area is 131 Å². The lowest BCUT2D eigenvalue weighted by Gasteiger charge is -2.14. The number of hydrogen-bond donors (Lipinski definition) is 1. The minimum atomic E-state index is -4.59. The van der Waals surface area contributed by atoms with Crippen LogP contribution < -0.4 is 5.32 Å². The van der Waals surface area contributed by atoms with Gasteiger partial charge in [0, 0.05) is 9.13 Å². The van der Waals surface area contributed by atoms with Gasteiger partial charge in [0.1, 0.15) is 5.82 Å². The van der Waals surface area contributed by atoms with E-state index in [1.54, 1.807) is 0 Å². The summed E-state index contributed by atoms with van der Waals surface area (Å²) in [6.45, 7) is 0. The number of anilines is 1. The van der Waals surface area contributed by atoms with E-state index in [-0.39, 0.29) is 11.3 Å². The molecule has 0 fully saturated rings. The lowest BCUT2D eigenvalue weighted by molar-refractivity contribution is -0.136. The number of nitrogens with one attached hydrogen (secondary N) is 1. The number of alkyl halides is 3. The first-order chi connectivity index (χ1) is 9.77. The van der Waals surface area contributed by atoms with E-state index in [2.05, 4.69) is 5.32 Å². The fourth-order valence-corrected chi connectivity index (χ4v) is 2.18. The van der Waals surface area contributed by atoms with Crippen LogP contribution in [0.3, 0.4) is 0 Å².